The molecule has 36 heavy (non-hydrogen) atoms. The third-order valence-corrected chi connectivity index (χ3v) is 8.65. The van der Waals surface area contributed by atoms with Crippen LogP contribution in [-0.4, -0.2) is 67.0 Å². The van der Waals surface area contributed by atoms with E-state index in [0.29, 0.717) is 6.61 Å². The van der Waals surface area contributed by atoms with Gasteiger partial charge in [-0.05, 0) is 61.3 Å². The van der Waals surface area contributed by atoms with E-state index < -0.39 is 0 Å². The van der Waals surface area contributed by atoms with E-state index in [1.54, 1.807) is 11.3 Å². The van der Waals surface area contributed by atoms with Gasteiger partial charge in [0, 0.05) is 60.3 Å². The summed E-state index contributed by atoms with van der Waals surface area (Å²) in [6.45, 7) is 8.77. The molecule has 188 valence electrons. The highest BCUT2D eigenvalue weighted by atomic mass is 32.1. The van der Waals surface area contributed by atoms with Crippen molar-refractivity contribution in [1.29, 1.82) is 0 Å². The zero-order valence-electron chi connectivity index (χ0n) is 21.0. The van der Waals surface area contributed by atoms with Gasteiger partial charge in [0.2, 0.25) is 0 Å². The zero-order chi connectivity index (χ0) is 24.9. The van der Waals surface area contributed by atoms with Crippen LogP contribution in [0.1, 0.15) is 25.0 Å². The number of fused-ring (bicyclic) bond motifs is 1. The van der Waals surface area contributed by atoms with Gasteiger partial charge in [-0.15, -0.1) is 22.7 Å². The first-order chi connectivity index (χ1) is 17.5. The monoisotopic (exact) mass is 519 g/mol. The Morgan fingerprint density at radius 1 is 0.944 bits per heavy atom. The van der Waals surface area contributed by atoms with Crippen LogP contribution in [0, 0.1) is 6.92 Å². The van der Waals surface area contributed by atoms with Crippen molar-refractivity contribution in [2.75, 3.05) is 46.4 Å². The first-order valence-corrected chi connectivity index (χ1v) is 14.1. The highest BCUT2D eigenvalue weighted by molar-refractivity contribution is 7.19. The summed E-state index contributed by atoms with van der Waals surface area (Å²) >= 11 is 3.46. The molecule has 0 N–H and O–H groups in total. The van der Waals surface area contributed by atoms with Crippen molar-refractivity contribution >= 4 is 38.7 Å². The standard InChI is InChI=1S/C29H33N3O2S2/c1-22-7-12-28(35-22)29(33)32-15-13-31(14-16-32)17-18-34-25-10-8-23(9-11-25)20-30(2)21-26-19-24-5-3-4-6-27(24)36-26/h3-12,19H,13-18,20-21H2,1-2H3. The van der Waals surface area contributed by atoms with Crippen LogP contribution in [0.5, 0.6) is 5.75 Å². The average Bonchev–Trinajstić information content (AvgIpc) is 3.50. The molecule has 4 aromatic rings. The normalized spacial score (nSPS) is 14.6. The largest absolute Gasteiger partial charge is 0.492 e. The second-order valence-electron chi connectivity index (χ2n) is 9.46. The number of benzene rings is 2. The number of nitrogens with zero attached hydrogens (tertiary/aromatic N) is 3. The summed E-state index contributed by atoms with van der Waals surface area (Å²) in [4.78, 5) is 22.8. The fourth-order valence-electron chi connectivity index (χ4n) is 4.61. The predicted octanol–water partition coefficient (Wildman–Crippen LogP) is 5.74. The highest BCUT2D eigenvalue weighted by Gasteiger charge is 2.22. The van der Waals surface area contributed by atoms with Gasteiger partial charge < -0.3 is 9.64 Å². The molecule has 0 saturated carbocycles. The van der Waals surface area contributed by atoms with E-state index in [2.05, 4.69) is 71.4 Å². The second-order valence-corrected chi connectivity index (χ2v) is 11.9. The molecule has 5 nitrogen and oxygen atoms in total. The Bertz CT molecular complexity index is 1260. The smallest absolute Gasteiger partial charge is 0.264 e. The molecule has 0 spiro atoms. The molecule has 7 heteroatoms. The summed E-state index contributed by atoms with van der Waals surface area (Å²) in [5, 5.41) is 1.33. The number of ether oxygens (including phenoxy) is 1. The Morgan fingerprint density at radius 2 is 1.72 bits per heavy atom. The Morgan fingerprint density at radius 3 is 2.44 bits per heavy atom. The van der Waals surface area contributed by atoms with Crippen molar-refractivity contribution in [2.45, 2.75) is 20.0 Å². The van der Waals surface area contributed by atoms with Crippen molar-refractivity contribution in [3.63, 3.8) is 0 Å². The molecule has 1 aliphatic rings. The average molecular weight is 520 g/mol. The number of carbonyl (C=O) groups is 1. The third-order valence-electron chi connectivity index (χ3n) is 6.57. The molecular weight excluding hydrogens is 486 g/mol. The van der Waals surface area contributed by atoms with Crippen LogP contribution in [-0.2, 0) is 13.1 Å². The predicted molar refractivity (Wildman–Crippen MR) is 150 cm³/mol. The Balaban J connectivity index is 1.02. The van der Waals surface area contributed by atoms with Crippen LogP contribution in [0.4, 0.5) is 0 Å². The molecule has 0 atom stereocenters. The van der Waals surface area contributed by atoms with Gasteiger partial charge in [0.1, 0.15) is 12.4 Å². The van der Waals surface area contributed by atoms with Gasteiger partial charge >= 0.3 is 0 Å². The number of piperazine rings is 1. The maximum atomic E-state index is 12.6. The topological polar surface area (TPSA) is 36.0 Å². The lowest BCUT2D eigenvalue weighted by molar-refractivity contribution is 0.0625. The maximum Gasteiger partial charge on any atom is 0.264 e. The molecular formula is C29H33N3O2S2. The van der Waals surface area contributed by atoms with E-state index >= 15 is 0 Å². The number of hydrogen-bond acceptors (Lipinski definition) is 6. The molecule has 1 aliphatic heterocycles. The minimum Gasteiger partial charge on any atom is -0.492 e. The number of rotatable bonds is 9. The van der Waals surface area contributed by atoms with Gasteiger partial charge in [-0.1, -0.05) is 30.3 Å². The molecule has 3 heterocycles. The maximum absolute atomic E-state index is 12.6. The van der Waals surface area contributed by atoms with Crippen LogP contribution in [0.25, 0.3) is 10.1 Å². The van der Waals surface area contributed by atoms with E-state index in [1.165, 1.54) is 25.4 Å². The summed E-state index contributed by atoms with van der Waals surface area (Å²) in [6, 6.07) is 23.3. The minimum absolute atomic E-state index is 0.165. The SMILES string of the molecule is Cc1ccc(C(=O)N2CCN(CCOc3ccc(CN(C)Cc4cc5ccccc5s4)cc3)CC2)s1. The summed E-state index contributed by atoms with van der Waals surface area (Å²) < 4.78 is 7.36. The lowest BCUT2D eigenvalue weighted by Crippen LogP contribution is -2.49. The zero-order valence-corrected chi connectivity index (χ0v) is 22.6. The van der Waals surface area contributed by atoms with Gasteiger partial charge in [-0.25, -0.2) is 0 Å². The molecule has 0 bridgehead atoms. The molecule has 5 rings (SSSR count). The van der Waals surface area contributed by atoms with Gasteiger partial charge in [0.25, 0.3) is 5.91 Å². The Kier molecular flexibility index (Phi) is 8.02. The lowest BCUT2D eigenvalue weighted by atomic mass is 10.2. The van der Waals surface area contributed by atoms with Crippen LogP contribution in [0.3, 0.4) is 0 Å². The third kappa shape index (κ3) is 6.34. The first kappa shape index (κ1) is 25.0. The number of carbonyl (C=O) groups excluding carboxylic acids is 1. The van der Waals surface area contributed by atoms with E-state index in [4.69, 9.17) is 4.74 Å². The molecule has 0 radical (unpaired) electrons. The molecule has 0 aliphatic carbocycles. The van der Waals surface area contributed by atoms with Crippen molar-refractivity contribution in [3.05, 3.63) is 86.9 Å². The van der Waals surface area contributed by atoms with Crippen LogP contribution in [0.15, 0.2) is 66.7 Å². The van der Waals surface area contributed by atoms with E-state index in [1.807, 2.05) is 35.3 Å². The van der Waals surface area contributed by atoms with Crippen LogP contribution >= 0.6 is 22.7 Å². The summed E-state index contributed by atoms with van der Waals surface area (Å²) in [6.07, 6.45) is 0. The van der Waals surface area contributed by atoms with E-state index in [0.717, 1.165) is 56.4 Å². The van der Waals surface area contributed by atoms with Crippen molar-refractivity contribution in [1.82, 2.24) is 14.7 Å². The van der Waals surface area contributed by atoms with Crippen molar-refractivity contribution in [2.24, 2.45) is 0 Å². The number of aryl methyl sites for hydroxylation is 1. The van der Waals surface area contributed by atoms with Gasteiger partial charge in [-0.2, -0.15) is 0 Å². The first-order valence-electron chi connectivity index (χ1n) is 12.5. The van der Waals surface area contributed by atoms with Crippen molar-refractivity contribution < 1.29 is 9.53 Å². The molecule has 1 fully saturated rings. The highest BCUT2D eigenvalue weighted by Crippen LogP contribution is 2.26. The summed E-state index contributed by atoms with van der Waals surface area (Å²) in [5.74, 6) is 1.08. The van der Waals surface area contributed by atoms with Crippen molar-refractivity contribution in [3.8, 4) is 5.75 Å². The fraction of sp³-hybridized carbons (Fsp3) is 0.345. The second kappa shape index (κ2) is 11.6. The quantitative estimate of drug-likeness (QED) is 0.283. The Hall–Kier alpha value is -2.71. The van der Waals surface area contributed by atoms with E-state index in [-0.39, 0.29) is 5.91 Å². The van der Waals surface area contributed by atoms with Gasteiger partial charge in [-0.3, -0.25) is 14.6 Å². The van der Waals surface area contributed by atoms with Crippen LogP contribution in [0.2, 0.25) is 0 Å². The molecule has 2 aromatic carbocycles. The summed E-state index contributed by atoms with van der Waals surface area (Å²) in [5.41, 5.74) is 1.28. The summed E-state index contributed by atoms with van der Waals surface area (Å²) in [7, 11) is 2.17. The van der Waals surface area contributed by atoms with Gasteiger partial charge in [0.15, 0.2) is 0 Å². The Labute approximate surface area is 221 Å². The molecule has 1 amide bonds. The molecule has 2 aromatic heterocycles. The lowest BCUT2D eigenvalue weighted by Gasteiger charge is -2.34. The van der Waals surface area contributed by atoms with Crippen LogP contribution < -0.4 is 4.74 Å². The minimum atomic E-state index is 0.165. The number of thiophene rings is 2. The van der Waals surface area contributed by atoms with Gasteiger partial charge in [0.05, 0.1) is 4.88 Å². The number of hydrogen-bond donors (Lipinski definition) is 0. The van der Waals surface area contributed by atoms with E-state index in [9.17, 15) is 4.79 Å². The fourth-order valence-corrected chi connectivity index (χ4v) is 6.59. The number of amides is 1. The molecule has 1 saturated heterocycles. The molecule has 0 unspecified atom stereocenters.